The van der Waals surface area contributed by atoms with Crippen LogP contribution in [0.2, 0.25) is 0 Å². The molecule has 0 radical (unpaired) electrons. The predicted octanol–water partition coefficient (Wildman–Crippen LogP) is 2.24. The van der Waals surface area contributed by atoms with Crippen LogP contribution in [0.25, 0.3) is 0 Å². The molecule has 20 heavy (non-hydrogen) atoms. The number of unbranched alkanes of at least 4 members (excludes halogenated alkanes) is 2. The van der Waals surface area contributed by atoms with Crippen molar-refractivity contribution in [2.45, 2.75) is 70.0 Å². The van der Waals surface area contributed by atoms with Gasteiger partial charge in [-0.2, -0.15) is 11.8 Å². The maximum absolute atomic E-state index is 12.0. The third kappa shape index (κ3) is 4.64. The molecule has 5 heteroatoms. The molecule has 2 N–H and O–H groups in total. The van der Waals surface area contributed by atoms with Crippen LogP contribution in [0.5, 0.6) is 0 Å². The normalized spacial score (nSPS) is 25.3. The van der Waals surface area contributed by atoms with E-state index in [1.807, 2.05) is 6.26 Å². The second-order valence-corrected chi connectivity index (χ2v) is 7.78. The van der Waals surface area contributed by atoms with E-state index in [0.29, 0.717) is 13.0 Å². The minimum absolute atomic E-state index is 0.00228. The zero-order valence-corrected chi connectivity index (χ0v) is 13.9. The van der Waals surface area contributed by atoms with E-state index >= 15 is 0 Å². The van der Waals surface area contributed by atoms with Crippen LogP contribution in [0.15, 0.2) is 0 Å². The van der Waals surface area contributed by atoms with Gasteiger partial charge in [0.2, 0.25) is 5.91 Å². The third-order valence-corrected chi connectivity index (χ3v) is 5.69. The molecule has 0 spiro atoms. The highest BCUT2D eigenvalue weighted by Crippen LogP contribution is 2.40. The lowest BCUT2D eigenvalue weighted by Crippen LogP contribution is -2.41. The maximum atomic E-state index is 12.0. The molecule has 1 amide bonds. The minimum Gasteiger partial charge on any atom is -0.393 e. The van der Waals surface area contributed by atoms with Gasteiger partial charge in [-0.25, -0.2) is 0 Å². The summed E-state index contributed by atoms with van der Waals surface area (Å²) < 4.78 is -0.0872. The van der Waals surface area contributed by atoms with E-state index in [4.69, 9.17) is 0 Å². The summed E-state index contributed by atoms with van der Waals surface area (Å²) >= 11 is 1.70. The third-order valence-electron chi connectivity index (χ3n) is 4.33. The number of hydrogen-bond acceptors (Lipinski definition) is 4. The molecule has 4 nitrogen and oxygen atoms in total. The van der Waals surface area contributed by atoms with Crippen LogP contribution in [0.4, 0.5) is 0 Å². The summed E-state index contributed by atoms with van der Waals surface area (Å²) in [5, 5.41) is 19.6. The van der Waals surface area contributed by atoms with Crippen molar-refractivity contribution in [3.05, 3.63) is 0 Å². The predicted molar refractivity (Wildman–Crippen MR) is 83.6 cm³/mol. The fourth-order valence-electron chi connectivity index (χ4n) is 2.69. The molecule has 1 aliphatic heterocycles. The van der Waals surface area contributed by atoms with E-state index in [1.165, 1.54) is 0 Å². The summed E-state index contributed by atoms with van der Waals surface area (Å²) in [6, 6.07) is 0. The summed E-state index contributed by atoms with van der Waals surface area (Å²) in [4.78, 5) is 13.7. The lowest BCUT2D eigenvalue weighted by atomic mass is 9.92. The number of likely N-dealkylation sites (tertiary alicyclic amines) is 1. The first-order valence-electron chi connectivity index (χ1n) is 7.50. The van der Waals surface area contributed by atoms with Crippen LogP contribution in [-0.2, 0) is 4.79 Å². The van der Waals surface area contributed by atoms with Crippen molar-refractivity contribution in [1.29, 1.82) is 0 Å². The van der Waals surface area contributed by atoms with Gasteiger partial charge in [-0.1, -0.05) is 26.7 Å². The first-order chi connectivity index (χ1) is 9.29. The van der Waals surface area contributed by atoms with Gasteiger partial charge in [-0.05, 0) is 26.0 Å². The molecule has 1 aliphatic rings. The van der Waals surface area contributed by atoms with Gasteiger partial charge in [-0.15, -0.1) is 0 Å². The van der Waals surface area contributed by atoms with E-state index in [2.05, 4.69) is 13.8 Å². The molecule has 3 unspecified atom stereocenters. The Kier molecular flexibility index (Phi) is 6.82. The number of carbonyl (C=O) groups is 1. The number of rotatable bonds is 8. The van der Waals surface area contributed by atoms with Crippen molar-refractivity contribution in [3.63, 3.8) is 0 Å². The molecule has 0 aromatic carbocycles. The molecule has 1 fully saturated rings. The van der Waals surface area contributed by atoms with Crippen LogP contribution in [-0.4, -0.2) is 50.9 Å². The van der Waals surface area contributed by atoms with E-state index in [9.17, 15) is 15.0 Å². The van der Waals surface area contributed by atoms with Gasteiger partial charge < -0.3 is 15.1 Å². The second kappa shape index (κ2) is 7.66. The van der Waals surface area contributed by atoms with Gasteiger partial charge in [0, 0.05) is 23.6 Å². The van der Waals surface area contributed by atoms with Crippen molar-refractivity contribution in [2.75, 3.05) is 12.8 Å². The van der Waals surface area contributed by atoms with Crippen molar-refractivity contribution in [2.24, 2.45) is 5.92 Å². The fourth-order valence-corrected chi connectivity index (χ4v) is 3.20. The van der Waals surface area contributed by atoms with Crippen LogP contribution < -0.4 is 0 Å². The molecule has 0 aromatic heterocycles. The zero-order valence-electron chi connectivity index (χ0n) is 13.1. The van der Waals surface area contributed by atoms with E-state index in [-0.39, 0.29) is 22.7 Å². The van der Waals surface area contributed by atoms with Crippen molar-refractivity contribution < 1.29 is 15.0 Å². The number of hydrogen-bond donors (Lipinski definition) is 2. The van der Waals surface area contributed by atoms with Gasteiger partial charge in [-0.3, -0.25) is 4.79 Å². The Bertz CT molecular complexity index is 320. The average Bonchev–Trinajstić information content (AvgIpc) is 2.66. The Hall–Kier alpha value is -0.260. The van der Waals surface area contributed by atoms with E-state index < -0.39 is 6.23 Å². The molecule has 118 valence electrons. The van der Waals surface area contributed by atoms with Gasteiger partial charge in [0.05, 0.1) is 6.10 Å². The minimum atomic E-state index is -0.651. The van der Waals surface area contributed by atoms with Gasteiger partial charge in [0.15, 0.2) is 0 Å². The summed E-state index contributed by atoms with van der Waals surface area (Å²) in [6.07, 6.45) is 5.22. The number of amides is 1. The van der Waals surface area contributed by atoms with Crippen LogP contribution in [0, 0.1) is 5.92 Å². The largest absolute Gasteiger partial charge is 0.393 e. The highest BCUT2D eigenvalue weighted by molar-refractivity contribution is 7.99. The Morgan fingerprint density at radius 1 is 1.40 bits per heavy atom. The Morgan fingerprint density at radius 3 is 2.60 bits per heavy atom. The topological polar surface area (TPSA) is 60.8 Å². The molecule has 1 rings (SSSR count). The number of thioether (sulfide) groups is 1. The van der Waals surface area contributed by atoms with Gasteiger partial charge in [0.25, 0.3) is 0 Å². The summed E-state index contributed by atoms with van der Waals surface area (Å²) in [5.74, 6) is 0.0719. The average molecular weight is 303 g/mol. The van der Waals surface area contributed by atoms with E-state index in [1.54, 1.807) is 23.6 Å². The Balaban J connectivity index is 2.41. The quantitative estimate of drug-likeness (QED) is 0.675. The Labute approximate surface area is 126 Å². The fraction of sp³-hybridized carbons (Fsp3) is 0.933. The monoisotopic (exact) mass is 303 g/mol. The second-order valence-electron chi connectivity index (χ2n) is 6.32. The van der Waals surface area contributed by atoms with Crippen LogP contribution in [0.1, 0.15) is 52.9 Å². The number of carbonyl (C=O) groups excluding carboxylic acids is 1. The first kappa shape index (κ1) is 17.8. The highest BCUT2D eigenvalue weighted by Gasteiger charge is 2.45. The molecule has 0 bridgehead atoms. The highest BCUT2D eigenvalue weighted by atomic mass is 32.2. The maximum Gasteiger partial charge on any atom is 0.225 e. The standard InChI is InChI=1S/C15H29NO3S/c1-11(17)8-6-5-7-9-16-13(18)10-12(14(16)19)15(2,3)20-4/h11-12,14,17,19H,5-10H2,1-4H3. The summed E-state index contributed by atoms with van der Waals surface area (Å²) in [7, 11) is 0. The molecular weight excluding hydrogens is 274 g/mol. The number of aliphatic hydroxyl groups excluding tert-OH is 2. The lowest BCUT2D eigenvalue weighted by molar-refractivity contribution is -0.133. The molecule has 0 saturated carbocycles. The van der Waals surface area contributed by atoms with Crippen molar-refractivity contribution in [1.82, 2.24) is 4.90 Å². The first-order valence-corrected chi connectivity index (χ1v) is 8.73. The van der Waals surface area contributed by atoms with Crippen molar-refractivity contribution >= 4 is 17.7 Å². The lowest BCUT2D eigenvalue weighted by Gasteiger charge is -2.33. The van der Waals surface area contributed by atoms with Gasteiger partial charge >= 0.3 is 0 Å². The van der Waals surface area contributed by atoms with Crippen LogP contribution >= 0.6 is 11.8 Å². The smallest absolute Gasteiger partial charge is 0.225 e. The van der Waals surface area contributed by atoms with Crippen molar-refractivity contribution in [3.8, 4) is 0 Å². The molecule has 0 aromatic rings. The zero-order chi connectivity index (χ0) is 15.3. The van der Waals surface area contributed by atoms with Crippen LogP contribution in [0.3, 0.4) is 0 Å². The number of aliphatic hydroxyl groups is 2. The molecule has 1 heterocycles. The summed E-state index contributed by atoms with van der Waals surface area (Å²) in [6.45, 7) is 6.60. The Morgan fingerprint density at radius 2 is 2.05 bits per heavy atom. The van der Waals surface area contributed by atoms with Gasteiger partial charge in [0.1, 0.15) is 6.23 Å². The van der Waals surface area contributed by atoms with E-state index in [0.717, 1.165) is 25.7 Å². The number of nitrogens with zero attached hydrogens (tertiary/aromatic N) is 1. The molecule has 0 aliphatic carbocycles. The molecule has 3 atom stereocenters. The SMILES string of the molecule is CSC(C)(C)C1CC(=O)N(CCCCCC(C)O)C1O. The molecular formula is C15H29NO3S. The molecule has 1 saturated heterocycles. The summed E-state index contributed by atoms with van der Waals surface area (Å²) in [5.41, 5.74) is 0.